The molecule has 0 atom stereocenters. The summed E-state index contributed by atoms with van der Waals surface area (Å²) in [5.41, 5.74) is 2.12. The van der Waals surface area contributed by atoms with Gasteiger partial charge in [0.05, 0.1) is 12.2 Å². The maximum Gasteiger partial charge on any atom is 0.262 e. The molecule has 0 saturated heterocycles. The molecule has 134 valence electrons. The SMILES string of the molecule is CC(C)(C)c1cc(NC(=O)c2ccc[n+]([O-])c2)n(Cc2ccccc2)n1. The van der Waals surface area contributed by atoms with Crippen LogP contribution in [0.3, 0.4) is 0 Å². The van der Waals surface area contributed by atoms with E-state index in [9.17, 15) is 10.0 Å². The quantitative estimate of drug-likeness (QED) is 0.580. The maximum absolute atomic E-state index is 12.5. The maximum atomic E-state index is 12.5. The molecule has 1 N–H and O–H groups in total. The van der Waals surface area contributed by atoms with Gasteiger partial charge in [-0.05, 0) is 11.6 Å². The molecule has 2 heterocycles. The van der Waals surface area contributed by atoms with Gasteiger partial charge in [0.25, 0.3) is 5.91 Å². The van der Waals surface area contributed by atoms with E-state index in [4.69, 9.17) is 0 Å². The van der Waals surface area contributed by atoms with Crippen molar-refractivity contribution in [3.05, 3.63) is 83.0 Å². The minimum absolute atomic E-state index is 0.147. The first-order chi connectivity index (χ1) is 12.3. The fourth-order valence-electron chi connectivity index (χ4n) is 2.54. The normalized spacial score (nSPS) is 11.3. The van der Waals surface area contributed by atoms with Crippen molar-refractivity contribution in [2.24, 2.45) is 0 Å². The van der Waals surface area contributed by atoms with Crippen LogP contribution in [0.4, 0.5) is 5.82 Å². The van der Waals surface area contributed by atoms with E-state index in [0.29, 0.717) is 22.7 Å². The molecule has 0 unspecified atom stereocenters. The van der Waals surface area contributed by atoms with Gasteiger partial charge >= 0.3 is 0 Å². The van der Waals surface area contributed by atoms with Crippen LogP contribution in [0.2, 0.25) is 0 Å². The molecule has 26 heavy (non-hydrogen) atoms. The van der Waals surface area contributed by atoms with Crippen LogP contribution in [-0.4, -0.2) is 15.7 Å². The van der Waals surface area contributed by atoms with Crippen LogP contribution < -0.4 is 10.0 Å². The fraction of sp³-hybridized carbons (Fsp3) is 0.250. The van der Waals surface area contributed by atoms with Crippen LogP contribution in [-0.2, 0) is 12.0 Å². The summed E-state index contributed by atoms with van der Waals surface area (Å²) in [7, 11) is 0. The molecular formula is C20H22N4O2. The van der Waals surface area contributed by atoms with Crippen molar-refractivity contribution in [3.8, 4) is 0 Å². The van der Waals surface area contributed by atoms with Crippen molar-refractivity contribution in [2.75, 3.05) is 5.32 Å². The summed E-state index contributed by atoms with van der Waals surface area (Å²) >= 11 is 0. The van der Waals surface area contributed by atoms with Gasteiger partial charge in [0, 0.05) is 17.5 Å². The van der Waals surface area contributed by atoms with Crippen LogP contribution in [0.5, 0.6) is 0 Å². The molecule has 0 aliphatic rings. The zero-order chi connectivity index (χ0) is 18.7. The summed E-state index contributed by atoms with van der Waals surface area (Å²) < 4.78 is 2.39. The lowest BCUT2D eigenvalue weighted by molar-refractivity contribution is -0.605. The van der Waals surface area contributed by atoms with Gasteiger partial charge < -0.3 is 10.5 Å². The summed E-state index contributed by atoms with van der Waals surface area (Å²) in [6.45, 7) is 6.77. The number of pyridine rings is 1. The monoisotopic (exact) mass is 350 g/mol. The zero-order valence-corrected chi connectivity index (χ0v) is 15.1. The lowest BCUT2D eigenvalue weighted by Crippen LogP contribution is -2.27. The Hall–Kier alpha value is -3.15. The van der Waals surface area contributed by atoms with E-state index in [1.54, 1.807) is 16.8 Å². The third-order valence-electron chi connectivity index (χ3n) is 4.00. The third-order valence-corrected chi connectivity index (χ3v) is 4.00. The molecule has 6 heteroatoms. The number of carbonyl (C=O) groups excluding carboxylic acids is 1. The summed E-state index contributed by atoms with van der Waals surface area (Å²) in [5, 5.41) is 19.0. The predicted octanol–water partition coefficient (Wildman–Crippen LogP) is 3.11. The zero-order valence-electron chi connectivity index (χ0n) is 15.1. The van der Waals surface area contributed by atoms with Crippen LogP contribution in [0.25, 0.3) is 0 Å². The molecule has 1 amide bonds. The summed E-state index contributed by atoms with van der Waals surface area (Å²) in [6.07, 6.45) is 2.59. The number of carbonyl (C=O) groups is 1. The Morgan fingerprint density at radius 3 is 2.58 bits per heavy atom. The first kappa shape index (κ1) is 17.7. The van der Waals surface area contributed by atoms with Gasteiger partial charge in [0.1, 0.15) is 11.4 Å². The first-order valence-electron chi connectivity index (χ1n) is 8.45. The number of hydrogen-bond donors (Lipinski definition) is 1. The van der Waals surface area contributed by atoms with Gasteiger partial charge in [-0.3, -0.25) is 4.79 Å². The Balaban J connectivity index is 1.91. The van der Waals surface area contributed by atoms with Crippen molar-refractivity contribution in [1.29, 1.82) is 0 Å². The van der Waals surface area contributed by atoms with Gasteiger partial charge in [-0.15, -0.1) is 0 Å². The van der Waals surface area contributed by atoms with Crippen molar-refractivity contribution < 1.29 is 9.52 Å². The highest BCUT2D eigenvalue weighted by molar-refractivity contribution is 6.03. The van der Waals surface area contributed by atoms with Gasteiger partial charge in [-0.2, -0.15) is 9.83 Å². The standard InChI is InChI=1S/C20H22N4O2/c1-20(2,3)17-12-18(21-19(25)16-10-7-11-23(26)14-16)24(22-17)13-15-8-5-4-6-9-15/h4-12,14H,13H2,1-3H3,(H,21,25). The Labute approximate surface area is 152 Å². The molecule has 3 rings (SSSR count). The van der Waals surface area contributed by atoms with E-state index >= 15 is 0 Å². The van der Waals surface area contributed by atoms with Crippen molar-refractivity contribution in [3.63, 3.8) is 0 Å². The number of nitrogens with one attached hydrogen (secondary N) is 1. The van der Waals surface area contributed by atoms with Crippen LogP contribution in [0.15, 0.2) is 60.9 Å². The molecule has 1 aromatic carbocycles. The van der Waals surface area contributed by atoms with Gasteiger partial charge in [-0.1, -0.05) is 51.1 Å². The van der Waals surface area contributed by atoms with Crippen LogP contribution in [0, 0.1) is 5.21 Å². The second-order valence-corrected chi connectivity index (χ2v) is 7.21. The molecule has 6 nitrogen and oxygen atoms in total. The molecule has 0 saturated carbocycles. The minimum Gasteiger partial charge on any atom is -0.619 e. The van der Waals surface area contributed by atoms with E-state index in [2.05, 4.69) is 31.2 Å². The highest BCUT2D eigenvalue weighted by atomic mass is 16.5. The molecule has 0 aliphatic heterocycles. The van der Waals surface area contributed by atoms with Gasteiger partial charge in [0.2, 0.25) is 0 Å². The first-order valence-corrected chi connectivity index (χ1v) is 8.45. The van der Waals surface area contributed by atoms with E-state index in [1.165, 1.54) is 12.4 Å². The average molecular weight is 350 g/mol. The molecule has 0 fully saturated rings. The van der Waals surface area contributed by atoms with Gasteiger partial charge in [-0.25, -0.2) is 4.68 Å². The molecular weight excluding hydrogens is 328 g/mol. The second-order valence-electron chi connectivity index (χ2n) is 7.21. The largest absolute Gasteiger partial charge is 0.619 e. The minimum atomic E-state index is -0.343. The summed E-state index contributed by atoms with van der Waals surface area (Å²) in [5.74, 6) is 0.259. The molecule has 0 aliphatic carbocycles. The smallest absolute Gasteiger partial charge is 0.262 e. The fourth-order valence-corrected chi connectivity index (χ4v) is 2.54. The van der Waals surface area contributed by atoms with Crippen LogP contribution >= 0.6 is 0 Å². The van der Waals surface area contributed by atoms with E-state index in [0.717, 1.165) is 11.3 Å². The third kappa shape index (κ3) is 4.08. The molecule has 0 radical (unpaired) electrons. The number of aromatic nitrogens is 3. The van der Waals surface area contributed by atoms with Crippen molar-refractivity contribution in [2.45, 2.75) is 32.7 Å². The van der Waals surface area contributed by atoms with Crippen molar-refractivity contribution in [1.82, 2.24) is 9.78 Å². The van der Waals surface area contributed by atoms with E-state index in [1.807, 2.05) is 36.4 Å². The number of hydrogen-bond acceptors (Lipinski definition) is 3. The number of nitrogens with zero attached hydrogens (tertiary/aromatic N) is 3. The highest BCUT2D eigenvalue weighted by Gasteiger charge is 2.21. The Kier molecular flexibility index (Phi) is 4.75. The van der Waals surface area contributed by atoms with Crippen LogP contribution in [0.1, 0.15) is 42.4 Å². The average Bonchev–Trinajstić information content (AvgIpc) is 2.99. The number of anilines is 1. The van der Waals surface area contributed by atoms with Crippen molar-refractivity contribution >= 4 is 11.7 Å². The topological polar surface area (TPSA) is 73.9 Å². The summed E-state index contributed by atoms with van der Waals surface area (Å²) in [4.78, 5) is 12.5. The van der Waals surface area contributed by atoms with E-state index in [-0.39, 0.29) is 11.3 Å². The Morgan fingerprint density at radius 1 is 1.19 bits per heavy atom. The molecule has 2 aromatic heterocycles. The van der Waals surface area contributed by atoms with Gasteiger partial charge in [0.15, 0.2) is 12.4 Å². The number of benzene rings is 1. The van der Waals surface area contributed by atoms with E-state index < -0.39 is 0 Å². The number of amides is 1. The molecule has 3 aromatic rings. The predicted molar refractivity (Wildman–Crippen MR) is 99.8 cm³/mol. The Bertz CT molecular complexity index is 911. The molecule has 0 bridgehead atoms. The Morgan fingerprint density at radius 2 is 1.92 bits per heavy atom. The second kappa shape index (κ2) is 7.00. The molecule has 0 spiro atoms. The highest BCUT2D eigenvalue weighted by Crippen LogP contribution is 2.25. The lowest BCUT2D eigenvalue weighted by Gasteiger charge is -2.14. The lowest BCUT2D eigenvalue weighted by atomic mass is 9.92. The summed E-state index contributed by atoms with van der Waals surface area (Å²) in [6, 6.07) is 15.0. The number of rotatable bonds is 4.